The Morgan fingerprint density at radius 3 is 2.49 bits per heavy atom. The fourth-order valence-electron chi connectivity index (χ4n) is 4.21. The second-order valence-electron chi connectivity index (χ2n) is 10.2. The molecule has 2 aromatic rings. The summed E-state index contributed by atoms with van der Waals surface area (Å²) in [6, 6.07) is 12.6. The summed E-state index contributed by atoms with van der Waals surface area (Å²) in [5, 5.41) is 2.87. The maximum Gasteiger partial charge on any atom is 0.265 e. The Hall–Kier alpha value is -3.43. The molecule has 2 aliphatic rings. The maximum atomic E-state index is 12.9. The lowest BCUT2D eigenvalue weighted by Crippen LogP contribution is -2.47. The van der Waals surface area contributed by atoms with Crippen molar-refractivity contribution in [3.8, 4) is 11.5 Å². The molecule has 37 heavy (non-hydrogen) atoms. The molecule has 1 fully saturated rings. The van der Waals surface area contributed by atoms with Crippen LogP contribution in [-0.2, 0) is 19.7 Å². The second kappa shape index (κ2) is 11.7. The lowest BCUT2D eigenvalue weighted by atomic mass is 9.87. The third-order valence-electron chi connectivity index (χ3n) is 6.47. The zero-order valence-electron chi connectivity index (χ0n) is 21.7. The fourth-order valence-corrected chi connectivity index (χ4v) is 4.21. The summed E-state index contributed by atoms with van der Waals surface area (Å²) >= 11 is 0. The van der Waals surface area contributed by atoms with Crippen LogP contribution in [0.3, 0.4) is 0 Å². The zero-order chi connectivity index (χ0) is 26.4. The number of ether oxygens (including phenoxy) is 3. The minimum Gasteiger partial charge on any atom is -0.485 e. The average Bonchev–Trinajstić information content (AvgIpc) is 2.89. The van der Waals surface area contributed by atoms with Crippen molar-refractivity contribution in [1.29, 1.82) is 0 Å². The van der Waals surface area contributed by atoms with Gasteiger partial charge in [-0.1, -0.05) is 32.9 Å². The maximum absolute atomic E-state index is 12.9. The molecular weight excluding hydrogens is 474 g/mol. The van der Waals surface area contributed by atoms with Gasteiger partial charge in [0.15, 0.2) is 19.0 Å². The molecule has 9 nitrogen and oxygen atoms in total. The number of ketones is 1. The summed E-state index contributed by atoms with van der Waals surface area (Å²) in [5.41, 5.74) is 1.99. The number of amides is 2. The summed E-state index contributed by atoms with van der Waals surface area (Å²) in [4.78, 5) is 41.6. The van der Waals surface area contributed by atoms with E-state index < -0.39 is 0 Å². The minimum absolute atomic E-state index is 0.0303. The van der Waals surface area contributed by atoms with E-state index in [2.05, 4.69) is 31.0 Å². The number of nitrogens with zero attached hydrogens (tertiary/aromatic N) is 2. The number of carbonyl (C=O) groups excluding carboxylic acids is 3. The van der Waals surface area contributed by atoms with Gasteiger partial charge >= 0.3 is 0 Å². The highest BCUT2D eigenvalue weighted by molar-refractivity contribution is 6.04. The van der Waals surface area contributed by atoms with Crippen LogP contribution >= 0.6 is 0 Å². The SMILES string of the molecule is CC(C)(C)c1ccc(OCC(=O)c2ccc3c(c2)N(CC(=O)NCCN2CCOCC2)C(=O)CO3)cc1. The predicted octanol–water partition coefficient (Wildman–Crippen LogP) is 2.42. The number of morpholine rings is 1. The van der Waals surface area contributed by atoms with E-state index in [-0.39, 0.29) is 42.8 Å². The Morgan fingerprint density at radius 1 is 1.05 bits per heavy atom. The Bertz CT molecular complexity index is 1120. The van der Waals surface area contributed by atoms with E-state index in [1.165, 1.54) is 10.5 Å². The van der Waals surface area contributed by atoms with Crippen LogP contribution in [0, 0.1) is 0 Å². The van der Waals surface area contributed by atoms with Gasteiger partial charge in [-0.3, -0.25) is 24.2 Å². The molecule has 2 aliphatic heterocycles. The summed E-state index contributed by atoms with van der Waals surface area (Å²) in [7, 11) is 0. The van der Waals surface area contributed by atoms with Crippen molar-refractivity contribution >= 4 is 23.3 Å². The van der Waals surface area contributed by atoms with Crippen LogP contribution in [0.25, 0.3) is 0 Å². The first kappa shape index (κ1) is 26.6. The number of hydrogen-bond donors (Lipinski definition) is 1. The van der Waals surface area contributed by atoms with Crippen molar-refractivity contribution in [2.75, 3.05) is 64.1 Å². The van der Waals surface area contributed by atoms with Gasteiger partial charge in [0.1, 0.15) is 18.0 Å². The van der Waals surface area contributed by atoms with E-state index in [9.17, 15) is 14.4 Å². The monoisotopic (exact) mass is 509 g/mol. The molecule has 0 spiro atoms. The van der Waals surface area contributed by atoms with E-state index in [0.717, 1.165) is 19.6 Å². The Labute approximate surface area is 217 Å². The van der Waals surface area contributed by atoms with Crippen molar-refractivity contribution in [1.82, 2.24) is 10.2 Å². The van der Waals surface area contributed by atoms with Gasteiger partial charge in [-0.2, -0.15) is 0 Å². The van der Waals surface area contributed by atoms with Crippen molar-refractivity contribution in [3.05, 3.63) is 53.6 Å². The summed E-state index contributed by atoms with van der Waals surface area (Å²) in [6.45, 7) is 10.2. The van der Waals surface area contributed by atoms with Gasteiger partial charge in [-0.25, -0.2) is 0 Å². The largest absolute Gasteiger partial charge is 0.485 e. The molecule has 0 bridgehead atoms. The van der Waals surface area contributed by atoms with Crippen LogP contribution in [0.1, 0.15) is 36.7 Å². The number of hydrogen-bond acceptors (Lipinski definition) is 7. The number of carbonyl (C=O) groups is 3. The van der Waals surface area contributed by atoms with Crippen LogP contribution in [0.2, 0.25) is 0 Å². The topological polar surface area (TPSA) is 97.4 Å². The van der Waals surface area contributed by atoms with Crippen molar-refractivity contribution in [3.63, 3.8) is 0 Å². The van der Waals surface area contributed by atoms with Crippen LogP contribution in [0.15, 0.2) is 42.5 Å². The Morgan fingerprint density at radius 2 is 1.78 bits per heavy atom. The second-order valence-corrected chi connectivity index (χ2v) is 10.2. The van der Waals surface area contributed by atoms with E-state index in [1.54, 1.807) is 18.2 Å². The highest BCUT2D eigenvalue weighted by Crippen LogP contribution is 2.33. The molecule has 2 heterocycles. The van der Waals surface area contributed by atoms with Gasteiger partial charge in [-0.15, -0.1) is 0 Å². The first-order chi connectivity index (χ1) is 17.7. The van der Waals surface area contributed by atoms with Gasteiger partial charge in [0.25, 0.3) is 5.91 Å². The van der Waals surface area contributed by atoms with Crippen LogP contribution < -0.4 is 19.7 Å². The third kappa shape index (κ3) is 7.08. The van der Waals surface area contributed by atoms with Crippen molar-refractivity contribution in [2.24, 2.45) is 0 Å². The Kier molecular flexibility index (Phi) is 8.45. The molecule has 1 saturated heterocycles. The van der Waals surface area contributed by atoms with Crippen LogP contribution in [-0.4, -0.2) is 81.6 Å². The Balaban J connectivity index is 1.35. The predicted molar refractivity (Wildman–Crippen MR) is 140 cm³/mol. The van der Waals surface area contributed by atoms with Gasteiger partial charge in [-0.05, 0) is 41.3 Å². The first-order valence-electron chi connectivity index (χ1n) is 12.6. The van der Waals surface area contributed by atoms with Crippen LogP contribution in [0.4, 0.5) is 5.69 Å². The highest BCUT2D eigenvalue weighted by atomic mass is 16.5. The molecule has 9 heteroatoms. The lowest BCUT2D eigenvalue weighted by molar-refractivity contribution is -0.125. The number of nitrogens with one attached hydrogen (secondary N) is 1. The summed E-state index contributed by atoms with van der Waals surface area (Å²) in [5.74, 6) is 0.212. The molecule has 1 N–H and O–H groups in total. The zero-order valence-corrected chi connectivity index (χ0v) is 21.7. The molecule has 198 valence electrons. The number of anilines is 1. The smallest absolute Gasteiger partial charge is 0.265 e. The molecule has 0 aliphatic carbocycles. The molecule has 2 aromatic carbocycles. The molecular formula is C28H35N3O6. The molecule has 0 aromatic heterocycles. The number of rotatable bonds is 9. The number of Topliss-reactive ketones (excluding diaryl/α,β-unsaturated/α-hetero) is 1. The van der Waals surface area contributed by atoms with E-state index in [4.69, 9.17) is 14.2 Å². The molecule has 0 atom stereocenters. The molecule has 0 saturated carbocycles. The molecule has 2 amide bonds. The van der Waals surface area contributed by atoms with Gasteiger partial charge in [0.05, 0.1) is 18.9 Å². The minimum atomic E-state index is -0.337. The normalized spacial score (nSPS) is 16.1. The van der Waals surface area contributed by atoms with Crippen molar-refractivity contribution in [2.45, 2.75) is 26.2 Å². The molecule has 4 rings (SSSR count). The van der Waals surface area contributed by atoms with Crippen LogP contribution in [0.5, 0.6) is 11.5 Å². The third-order valence-corrected chi connectivity index (χ3v) is 6.47. The van der Waals surface area contributed by atoms with E-state index >= 15 is 0 Å². The van der Waals surface area contributed by atoms with Gasteiger partial charge < -0.3 is 19.5 Å². The summed E-state index contributed by atoms with van der Waals surface area (Å²) in [6.07, 6.45) is 0. The lowest BCUT2D eigenvalue weighted by Gasteiger charge is -2.29. The highest BCUT2D eigenvalue weighted by Gasteiger charge is 2.28. The fraction of sp³-hybridized carbons (Fsp3) is 0.464. The average molecular weight is 510 g/mol. The van der Waals surface area contributed by atoms with Crippen molar-refractivity contribution < 1.29 is 28.6 Å². The summed E-state index contributed by atoms with van der Waals surface area (Å²) < 4.78 is 16.6. The van der Waals surface area contributed by atoms with E-state index in [1.807, 2.05) is 24.3 Å². The van der Waals surface area contributed by atoms with Gasteiger partial charge in [0.2, 0.25) is 5.91 Å². The van der Waals surface area contributed by atoms with E-state index in [0.29, 0.717) is 42.5 Å². The first-order valence-corrected chi connectivity index (χ1v) is 12.6. The quantitative estimate of drug-likeness (QED) is 0.519. The number of benzene rings is 2. The number of fused-ring (bicyclic) bond motifs is 1. The molecule has 0 radical (unpaired) electrons. The van der Waals surface area contributed by atoms with Gasteiger partial charge in [0, 0.05) is 31.7 Å². The molecule has 0 unspecified atom stereocenters. The standard InChI is InChI=1S/C28H35N3O6/c1-28(2,3)21-5-7-22(8-6-21)36-18-24(32)20-4-9-25-23(16-20)31(27(34)19-37-25)17-26(33)29-10-11-30-12-14-35-15-13-30/h4-9,16H,10-15,17-19H2,1-3H3,(H,29,33).